The SMILES string of the molecule is O=C1c2oc3ccc(F)cc3c(=O)c2[C@H](c2ccccc2)N1c1ccccn1. The normalized spacial score (nSPS) is 15.8. The zero-order valence-electron chi connectivity index (χ0n) is 14.5. The Hall–Kier alpha value is -3.80. The molecule has 0 radical (unpaired) electrons. The lowest BCUT2D eigenvalue weighted by Crippen LogP contribution is -2.30. The van der Waals surface area contributed by atoms with Gasteiger partial charge in [-0.05, 0) is 35.9 Å². The third-order valence-corrected chi connectivity index (χ3v) is 4.84. The maximum absolute atomic E-state index is 13.7. The van der Waals surface area contributed by atoms with E-state index in [1.54, 1.807) is 24.4 Å². The van der Waals surface area contributed by atoms with Crippen molar-refractivity contribution in [3.63, 3.8) is 0 Å². The van der Waals surface area contributed by atoms with Crippen LogP contribution in [-0.2, 0) is 0 Å². The molecule has 0 bridgehead atoms. The second kappa shape index (κ2) is 6.13. The summed E-state index contributed by atoms with van der Waals surface area (Å²) < 4.78 is 19.5. The van der Waals surface area contributed by atoms with Crippen LogP contribution in [0.4, 0.5) is 10.2 Å². The van der Waals surface area contributed by atoms with Crippen LogP contribution in [0.3, 0.4) is 0 Å². The Morgan fingerprint density at radius 3 is 2.50 bits per heavy atom. The lowest BCUT2D eigenvalue weighted by molar-refractivity contribution is 0.0970. The second-order valence-electron chi connectivity index (χ2n) is 6.49. The standard InChI is InChI=1S/C22H13FN2O3/c23-14-9-10-16-15(12-14)20(26)18-19(13-6-2-1-3-7-13)25(22(27)21(18)28-16)17-8-4-5-11-24-17/h1-12,19H/t19-/m0/s1. The fraction of sp³-hybridized carbons (Fsp3) is 0.0455. The van der Waals surface area contributed by atoms with Gasteiger partial charge in [-0.25, -0.2) is 9.37 Å². The summed E-state index contributed by atoms with van der Waals surface area (Å²) in [4.78, 5) is 32.2. The molecule has 0 fully saturated rings. The van der Waals surface area contributed by atoms with Crippen LogP contribution in [0.15, 0.2) is 82.1 Å². The van der Waals surface area contributed by atoms with Crippen molar-refractivity contribution in [1.29, 1.82) is 0 Å². The Labute approximate surface area is 158 Å². The Morgan fingerprint density at radius 2 is 1.75 bits per heavy atom. The molecule has 3 heterocycles. The minimum Gasteiger partial charge on any atom is -0.450 e. The molecular formula is C22H13FN2O3. The van der Waals surface area contributed by atoms with Gasteiger partial charge in [-0.1, -0.05) is 36.4 Å². The molecule has 2 aromatic carbocycles. The monoisotopic (exact) mass is 372 g/mol. The molecule has 4 aromatic rings. The fourth-order valence-electron chi connectivity index (χ4n) is 3.63. The predicted molar refractivity (Wildman–Crippen MR) is 102 cm³/mol. The van der Waals surface area contributed by atoms with Gasteiger partial charge in [-0.15, -0.1) is 0 Å². The first-order chi connectivity index (χ1) is 13.6. The van der Waals surface area contributed by atoms with Gasteiger partial charge >= 0.3 is 0 Å². The van der Waals surface area contributed by atoms with Crippen molar-refractivity contribution in [2.24, 2.45) is 0 Å². The molecule has 2 aromatic heterocycles. The van der Waals surface area contributed by atoms with E-state index in [1.807, 2.05) is 30.3 Å². The van der Waals surface area contributed by atoms with Crippen LogP contribution in [-0.4, -0.2) is 10.9 Å². The van der Waals surface area contributed by atoms with E-state index in [-0.39, 0.29) is 22.3 Å². The van der Waals surface area contributed by atoms with Crippen LogP contribution >= 0.6 is 0 Å². The van der Waals surface area contributed by atoms with E-state index in [0.29, 0.717) is 5.82 Å². The van der Waals surface area contributed by atoms with Crippen molar-refractivity contribution in [1.82, 2.24) is 4.98 Å². The van der Waals surface area contributed by atoms with Crippen molar-refractivity contribution >= 4 is 22.7 Å². The molecule has 6 heteroatoms. The molecule has 28 heavy (non-hydrogen) atoms. The highest BCUT2D eigenvalue weighted by Crippen LogP contribution is 2.40. The maximum Gasteiger partial charge on any atom is 0.296 e. The van der Waals surface area contributed by atoms with Crippen LogP contribution in [0, 0.1) is 5.82 Å². The maximum atomic E-state index is 13.7. The number of carbonyl (C=O) groups excluding carboxylic acids is 1. The summed E-state index contributed by atoms with van der Waals surface area (Å²) in [5.41, 5.74) is 0.688. The lowest BCUT2D eigenvalue weighted by Gasteiger charge is -2.24. The second-order valence-corrected chi connectivity index (χ2v) is 6.49. The van der Waals surface area contributed by atoms with Crippen LogP contribution in [0.5, 0.6) is 0 Å². The number of benzene rings is 2. The number of hydrogen-bond donors (Lipinski definition) is 0. The average molecular weight is 372 g/mol. The van der Waals surface area contributed by atoms with Crippen molar-refractivity contribution in [3.05, 3.63) is 106 Å². The first-order valence-electron chi connectivity index (χ1n) is 8.71. The van der Waals surface area contributed by atoms with Crippen LogP contribution in [0.1, 0.15) is 27.7 Å². The summed E-state index contributed by atoms with van der Waals surface area (Å²) in [5.74, 6) is -0.626. The molecule has 0 aliphatic carbocycles. The van der Waals surface area contributed by atoms with Gasteiger partial charge in [0.2, 0.25) is 5.76 Å². The topological polar surface area (TPSA) is 63.4 Å². The molecule has 1 amide bonds. The van der Waals surface area contributed by atoms with E-state index in [9.17, 15) is 14.0 Å². The zero-order chi connectivity index (χ0) is 19.3. The number of amides is 1. The van der Waals surface area contributed by atoms with Gasteiger partial charge in [0.15, 0.2) is 5.43 Å². The summed E-state index contributed by atoms with van der Waals surface area (Å²) in [6.07, 6.45) is 1.58. The number of anilines is 1. The number of pyridine rings is 1. The minimum atomic E-state index is -0.706. The van der Waals surface area contributed by atoms with Crippen molar-refractivity contribution in [3.8, 4) is 0 Å². The van der Waals surface area contributed by atoms with E-state index < -0.39 is 23.2 Å². The van der Waals surface area contributed by atoms with E-state index in [2.05, 4.69) is 4.98 Å². The summed E-state index contributed by atoms with van der Waals surface area (Å²) in [6, 6.07) is 17.4. The van der Waals surface area contributed by atoms with E-state index in [1.165, 1.54) is 17.0 Å². The van der Waals surface area contributed by atoms with E-state index in [4.69, 9.17) is 4.42 Å². The molecular weight excluding hydrogens is 359 g/mol. The molecule has 1 aliphatic rings. The summed E-state index contributed by atoms with van der Waals surface area (Å²) in [5, 5.41) is 0.107. The lowest BCUT2D eigenvalue weighted by atomic mass is 9.98. The van der Waals surface area contributed by atoms with Gasteiger partial charge in [0, 0.05) is 6.20 Å². The van der Waals surface area contributed by atoms with Gasteiger partial charge in [0.05, 0.1) is 17.0 Å². The Kier molecular flexibility index (Phi) is 3.58. The van der Waals surface area contributed by atoms with Crippen LogP contribution < -0.4 is 10.3 Å². The Bertz CT molecular complexity index is 1270. The van der Waals surface area contributed by atoms with Gasteiger partial charge < -0.3 is 4.42 Å². The smallest absolute Gasteiger partial charge is 0.296 e. The number of aromatic nitrogens is 1. The van der Waals surface area contributed by atoms with Crippen molar-refractivity contribution in [2.45, 2.75) is 6.04 Å². The molecule has 1 aliphatic heterocycles. The molecule has 0 saturated heterocycles. The minimum absolute atomic E-state index is 0.0383. The van der Waals surface area contributed by atoms with Gasteiger partial charge in [-0.2, -0.15) is 0 Å². The summed E-state index contributed by atoms with van der Waals surface area (Å²) in [6.45, 7) is 0. The molecule has 0 spiro atoms. The Morgan fingerprint density at radius 1 is 0.964 bits per heavy atom. The largest absolute Gasteiger partial charge is 0.450 e. The average Bonchev–Trinajstić information content (AvgIpc) is 3.03. The van der Waals surface area contributed by atoms with Gasteiger partial charge in [0.1, 0.15) is 17.2 Å². The first-order valence-corrected chi connectivity index (χ1v) is 8.71. The fourth-order valence-corrected chi connectivity index (χ4v) is 3.63. The highest BCUT2D eigenvalue weighted by Gasteiger charge is 2.44. The zero-order valence-corrected chi connectivity index (χ0v) is 14.5. The van der Waals surface area contributed by atoms with Crippen LogP contribution in [0.25, 0.3) is 11.0 Å². The highest BCUT2D eigenvalue weighted by molar-refractivity contribution is 6.10. The molecule has 136 valence electrons. The summed E-state index contributed by atoms with van der Waals surface area (Å²) in [7, 11) is 0. The van der Waals surface area contributed by atoms with Crippen LogP contribution in [0.2, 0.25) is 0 Å². The van der Waals surface area contributed by atoms with E-state index >= 15 is 0 Å². The first kappa shape index (κ1) is 16.4. The van der Waals surface area contributed by atoms with Crippen molar-refractivity contribution < 1.29 is 13.6 Å². The number of fused-ring (bicyclic) bond motifs is 2. The number of nitrogens with zero attached hydrogens (tertiary/aromatic N) is 2. The molecule has 5 rings (SSSR count). The predicted octanol–water partition coefficient (Wildman–Crippen LogP) is 4.08. The molecule has 1 atom stereocenters. The molecule has 0 unspecified atom stereocenters. The quantitative estimate of drug-likeness (QED) is 0.532. The summed E-state index contributed by atoms with van der Waals surface area (Å²) >= 11 is 0. The Balaban J connectivity index is 1.84. The number of halogens is 1. The van der Waals surface area contributed by atoms with Crippen molar-refractivity contribution in [2.75, 3.05) is 4.90 Å². The molecule has 0 N–H and O–H groups in total. The van der Waals surface area contributed by atoms with E-state index in [0.717, 1.165) is 11.6 Å². The molecule has 5 nitrogen and oxygen atoms in total. The van der Waals surface area contributed by atoms with Gasteiger partial charge in [-0.3, -0.25) is 14.5 Å². The number of carbonyl (C=O) groups is 1. The van der Waals surface area contributed by atoms with Gasteiger partial charge in [0.25, 0.3) is 5.91 Å². The third-order valence-electron chi connectivity index (χ3n) is 4.84. The highest BCUT2D eigenvalue weighted by atomic mass is 19.1. The number of rotatable bonds is 2. The number of hydrogen-bond acceptors (Lipinski definition) is 4. The third kappa shape index (κ3) is 2.35. The molecule has 0 saturated carbocycles.